The third-order valence-electron chi connectivity index (χ3n) is 12.6. The number of carbonyl (C=O) groups excluding carboxylic acids is 4. The minimum Gasteiger partial charge on any atom is -0.477 e. The molecule has 0 aromatic heterocycles. The van der Waals surface area contributed by atoms with E-state index in [1.807, 2.05) is 0 Å². The minimum absolute atomic E-state index is 0.744. The van der Waals surface area contributed by atoms with Gasteiger partial charge >= 0.3 is 17.9 Å². The number of hydrogen-bond acceptors (Lipinski definition) is 30. The van der Waals surface area contributed by atoms with Gasteiger partial charge in [-0.15, -0.1) is 0 Å². The zero-order valence-electron chi connectivity index (χ0n) is 39.9. The van der Waals surface area contributed by atoms with Crippen LogP contribution in [0.3, 0.4) is 0 Å². The highest BCUT2D eigenvalue weighted by Gasteiger charge is 2.59. The molecule has 2 amide bonds. The van der Waals surface area contributed by atoms with Crippen LogP contribution in [0, 0.1) is 0 Å². The first-order chi connectivity index (χ1) is 34.7. The molecule has 26 atom stereocenters. The molecular formula is C41H66N2O31. The molecule has 0 unspecified atom stereocenters. The Morgan fingerprint density at radius 1 is 0.595 bits per heavy atom. The lowest BCUT2D eigenvalue weighted by molar-refractivity contribution is -0.377. The Balaban J connectivity index is 1.31. The van der Waals surface area contributed by atoms with E-state index in [1.165, 1.54) is 0 Å². The molecule has 0 aliphatic carbocycles. The Labute approximate surface area is 418 Å². The van der Waals surface area contributed by atoms with Crippen LogP contribution in [0.15, 0.2) is 0 Å². The molecular weight excluding hydrogens is 1020 g/mol. The second kappa shape index (κ2) is 26.2. The summed E-state index contributed by atoms with van der Waals surface area (Å²) in [7, 11) is 0. The van der Waals surface area contributed by atoms with Crippen molar-refractivity contribution in [1.82, 2.24) is 10.6 Å². The van der Waals surface area contributed by atoms with Crippen molar-refractivity contribution in [2.24, 2.45) is 0 Å². The Morgan fingerprint density at radius 2 is 1.09 bits per heavy atom. The highest BCUT2D eigenvalue weighted by Crippen LogP contribution is 2.37. The monoisotopic (exact) mass is 1080 g/mol. The molecule has 0 spiro atoms. The van der Waals surface area contributed by atoms with Gasteiger partial charge in [0, 0.05) is 34.1 Å². The largest absolute Gasteiger partial charge is 0.477 e. The number of esters is 2. The number of carboxylic acid groups (broad SMARTS) is 1. The van der Waals surface area contributed by atoms with Crippen LogP contribution in [0.25, 0.3) is 0 Å². The molecule has 0 aromatic rings. The molecule has 0 saturated carbocycles. The summed E-state index contributed by atoms with van der Waals surface area (Å²) < 4.78 is 60.3. The summed E-state index contributed by atoms with van der Waals surface area (Å²) >= 11 is 0. The van der Waals surface area contributed by atoms with Gasteiger partial charge in [-0.05, 0) is 0 Å². The van der Waals surface area contributed by atoms with E-state index in [1.54, 1.807) is 0 Å². The average molecular weight is 1080 g/mol. The molecule has 5 saturated heterocycles. The quantitative estimate of drug-likeness (QED) is 0.0503. The van der Waals surface area contributed by atoms with Crippen LogP contribution >= 0.6 is 0 Å². The predicted molar refractivity (Wildman–Crippen MR) is 226 cm³/mol. The fourth-order valence-corrected chi connectivity index (χ4v) is 8.83. The lowest BCUT2D eigenvalue weighted by Gasteiger charge is -2.48. The fraction of sp³-hybridized carbons (Fsp3) is 0.878. The van der Waals surface area contributed by atoms with Gasteiger partial charge < -0.3 is 139 Å². The second-order valence-electron chi connectivity index (χ2n) is 18.1. The van der Waals surface area contributed by atoms with E-state index >= 15 is 0 Å². The van der Waals surface area contributed by atoms with E-state index in [0.717, 1.165) is 27.7 Å². The number of aliphatic carboxylic acids is 1. The number of aliphatic hydroxyl groups excluding tert-OH is 14. The third-order valence-corrected chi connectivity index (χ3v) is 12.6. The maximum atomic E-state index is 12.9. The van der Waals surface area contributed by atoms with Crippen molar-refractivity contribution < 1.29 is 153 Å². The number of rotatable bonds is 20. The van der Waals surface area contributed by atoms with Crippen molar-refractivity contribution in [1.29, 1.82) is 0 Å². The maximum absolute atomic E-state index is 12.9. The molecule has 5 aliphatic rings. The van der Waals surface area contributed by atoms with Gasteiger partial charge in [-0.2, -0.15) is 0 Å². The number of aliphatic hydroxyl groups is 14. The van der Waals surface area contributed by atoms with E-state index in [2.05, 4.69) is 10.6 Å². The van der Waals surface area contributed by atoms with Crippen molar-refractivity contribution in [3.05, 3.63) is 0 Å². The Morgan fingerprint density at radius 3 is 1.65 bits per heavy atom. The topological polar surface area (TPSA) is 514 Å². The van der Waals surface area contributed by atoms with Crippen LogP contribution in [0.5, 0.6) is 0 Å². The predicted octanol–water partition coefficient (Wildman–Crippen LogP) is -11.3. The Kier molecular flexibility index (Phi) is 21.7. The summed E-state index contributed by atoms with van der Waals surface area (Å²) in [5.41, 5.74) is 0. The molecule has 5 aliphatic heterocycles. The summed E-state index contributed by atoms with van der Waals surface area (Å²) in [6.07, 6.45) is -46.3. The van der Waals surface area contributed by atoms with E-state index in [9.17, 15) is 101 Å². The first-order valence-electron chi connectivity index (χ1n) is 23.0. The van der Waals surface area contributed by atoms with E-state index in [4.69, 9.17) is 52.1 Å². The lowest BCUT2D eigenvalue weighted by atomic mass is 9.88. The minimum atomic E-state index is -3.01. The smallest absolute Gasteiger partial charge is 0.364 e. The van der Waals surface area contributed by atoms with Gasteiger partial charge in [0.05, 0.1) is 38.6 Å². The number of amides is 2. The van der Waals surface area contributed by atoms with Crippen molar-refractivity contribution in [2.75, 3.05) is 33.0 Å². The summed E-state index contributed by atoms with van der Waals surface area (Å²) in [4.78, 5) is 60.7. The summed E-state index contributed by atoms with van der Waals surface area (Å²) in [5, 5.41) is 166. The number of carbonyl (C=O) groups is 5. The zero-order chi connectivity index (χ0) is 55.3. The molecule has 5 fully saturated rings. The average Bonchev–Trinajstić information content (AvgIpc) is 3.33. The summed E-state index contributed by atoms with van der Waals surface area (Å²) in [6, 6.07) is -3.18. The lowest BCUT2D eigenvalue weighted by Crippen LogP contribution is -2.69. The normalized spacial score (nSPS) is 43.6. The number of hydrogen-bond donors (Lipinski definition) is 17. The van der Waals surface area contributed by atoms with Gasteiger partial charge in [-0.25, -0.2) is 4.79 Å². The molecule has 0 aromatic carbocycles. The Bertz CT molecular complexity index is 1890. The van der Waals surface area contributed by atoms with Gasteiger partial charge in [-0.3, -0.25) is 19.2 Å². The van der Waals surface area contributed by atoms with Gasteiger partial charge in [0.25, 0.3) is 5.79 Å². The van der Waals surface area contributed by atoms with Crippen molar-refractivity contribution in [3.63, 3.8) is 0 Å². The van der Waals surface area contributed by atoms with E-state index in [-0.39, 0.29) is 0 Å². The van der Waals surface area contributed by atoms with Crippen molar-refractivity contribution in [2.45, 2.75) is 193 Å². The molecule has 17 N–H and O–H groups in total. The van der Waals surface area contributed by atoms with Crippen LogP contribution in [-0.4, -0.2) is 298 Å². The first kappa shape index (κ1) is 61.3. The fourth-order valence-electron chi connectivity index (χ4n) is 8.83. The van der Waals surface area contributed by atoms with Crippen molar-refractivity contribution >= 4 is 29.7 Å². The molecule has 33 heteroatoms. The van der Waals surface area contributed by atoms with Gasteiger partial charge in [0.15, 0.2) is 31.3 Å². The molecule has 5 rings (SSSR count). The maximum Gasteiger partial charge on any atom is 0.364 e. The van der Waals surface area contributed by atoms with Crippen LogP contribution in [0.2, 0.25) is 0 Å². The van der Waals surface area contributed by atoms with Crippen LogP contribution in [-0.2, 0) is 76.1 Å². The van der Waals surface area contributed by atoms with E-state index < -0.39 is 228 Å². The molecule has 0 bridgehead atoms. The highest BCUT2D eigenvalue weighted by molar-refractivity contribution is 5.77. The standard InChI is InChI=1S/C41H66N2O31/c1-11(46)42-21-15(50)5-41(40(62)63,74-34(21)32(67-14(4)49)16(51)8-64-13(3)48)66-10-20-24(53)27(56)29(58)37(70-20)65-9-19-23(52)28(57)30(59)38(71-19)73-35-26(55)18(7-45)69-39(31(35)60)72-33-22(43-12(2)47)36(61)68-17(6-44)25(33)54/h15-39,44-45,50-61H,5-10H2,1-4H3,(H,42,46)(H,43,47)(H,62,63)/t15-,16+,17+,18+,19+,20+,21+,22+,23+,24-,25-,26-,27-,28-,29+,30+,31+,32+,33+,34+,35-,36+,37+,38-,39-,41+/m0/s1. The van der Waals surface area contributed by atoms with Crippen LogP contribution < -0.4 is 10.6 Å². The van der Waals surface area contributed by atoms with Gasteiger partial charge in [0.1, 0.15) is 116 Å². The Hall–Kier alpha value is -3.57. The SMILES string of the molecule is CC(=O)N[C@@H]1[C@@H](O[C@@H]2O[C@H](CO)[C@H](O)[C@H](O[C@@H]3O[C@H](CO[C@@H]4O[C@H](CO[C@]5(C(=O)O)C[C@H](O)[C@@H](NC(C)=O)[C@H]([C@H](OC(C)=O)[C@H](O)COC(C)=O)O5)[C@H](O)[C@H](O)[C@H]4O)[C@@H](O)[C@H](O)[C@H]3O)[C@H]2O)[C@@H](O)[C@@H](CO)O[C@H]1O. The highest BCUT2D eigenvalue weighted by atomic mass is 16.8. The summed E-state index contributed by atoms with van der Waals surface area (Å²) in [6.45, 7) is -0.836. The van der Waals surface area contributed by atoms with Crippen molar-refractivity contribution in [3.8, 4) is 0 Å². The number of carboxylic acids is 1. The molecule has 0 radical (unpaired) electrons. The van der Waals surface area contributed by atoms with E-state index in [0.29, 0.717) is 0 Å². The number of nitrogens with one attached hydrogen (secondary N) is 2. The third kappa shape index (κ3) is 14.1. The zero-order valence-corrected chi connectivity index (χ0v) is 39.9. The van der Waals surface area contributed by atoms with Crippen LogP contribution in [0.4, 0.5) is 0 Å². The van der Waals surface area contributed by atoms with Crippen LogP contribution in [0.1, 0.15) is 34.1 Å². The van der Waals surface area contributed by atoms with Gasteiger partial charge in [0.2, 0.25) is 11.8 Å². The molecule has 5 heterocycles. The molecule has 74 heavy (non-hydrogen) atoms. The summed E-state index contributed by atoms with van der Waals surface area (Å²) in [5.74, 6) is -8.50. The first-order valence-corrected chi connectivity index (χ1v) is 23.0. The second-order valence-corrected chi connectivity index (χ2v) is 18.1. The van der Waals surface area contributed by atoms with Gasteiger partial charge in [-0.1, -0.05) is 0 Å². The molecule has 426 valence electrons. The molecule has 33 nitrogen and oxygen atoms in total. The number of ether oxygens (including phenoxy) is 11.